The first-order valence-electron chi connectivity index (χ1n) is 4.15. The standard InChI is InChI=1S/C10H9Br3N2/c1-8(11)6-15(7-9(12)13)10-4-2-3-5-14-10/h2-7H,1H3/b8-6-. The van der Waals surface area contributed by atoms with Gasteiger partial charge in [0.2, 0.25) is 0 Å². The zero-order valence-corrected chi connectivity index (χ0v) is 12.8. The van der Waals surface area contributed by atoms with Gasteiger partial charge in [0.25, 0.3) is 0 Å². The van der Waals surface area contributed by atoms with Gasteiger partial charge in [-0.1, -0.05) is 22.0 Å². The van der Waals surface area contributed by atoms with Crippen molar-refractivity contribution in [1.29, 1.82) is 0 Å². The van der Waals surface area contributed by atoms with E-state index in [0.29, 0.717) is 0 Å². The fourth-order valence-corrected chi connectivity index (χ4v) is 1.63. The summed E-state index contributed by atoms with van der Waals surface area (Å²) >= 11 is 10.0. The van der Waals surface area contributed by atoms with E-state index in [2.05, 4.69) is 52.8 Å². The van der Waals surface area contributed by atoms with Gasteiger partial charge in [0.05, 0.1) is 3.39 Å². The van der Waals surface area contributed by atoms with Crippen molar-refractivity contribution in [2.45, 2.75) is 6.92 Å². The van der Waals surface area contributed by atoms with E-state index in [-0.39, 0.29) is 0 Å². The molecule has 0 aliphatic carbocycles. The molecule has 5 heteroatoms. The van der Waals surface area contributed by atoms with Crippen LogP contribution < -0.4 is 4.90 Å². The van der Waals surface area contributed by atoms with Gasteiger partial charge in [-0.05, 0) is 50.9 Å². The third-order valence-electron chi connectivity index (χ3n) is 1.47. The molecule has 2 nitrogen and oxygen atoms in total. The van der Waals surface area contributed by atoms with Crippen molar-refractivity contribution in [1.82, 2.24) is 4.98 Å². The Bertz CT molecular complexity index is 348. The van der Waals surface area contributed by atoms with E-state index >= 15 is 0 Å². The van der Waals surface area contributed by atoms with Gasteiger partial charge in [-0.3, -0.25) is 0 Å². The summed E-state index contributed by atoms with van der Waals surface area (Å²) in [6.07, 6.45) is 5.58. The Morgan fingerprint density at radius 1 is 1.27 bits per heavy atom. The minimum Gasteiger partial charge on any atom is -0.306 e. The van der Waals surface area contributed by atoms with E-state index in [1.165, 1.54) is 0 Å². The highest BCUT2D eigenvalue weighted by atomic mass is 79.9. The Labute approximate surface area is 114 Å². The van der Waals surface area contributed by atoms with Crippen LogP contribution in [0.5, 0.6) is 0 Å². The molecule has 0 fully saturated rings. The smallest absolute Gasteiger partial charge is 0.136 e. The first-order chi connectivity index (χ1) is 7.09. The average molecular weight is 397 g/mol. The third-order valence-corrected chi connectivity index (χ3v) is 2.08. The van der Waals surface area contributed by atoms with Gasteiger partial charge in [0, 0.05) is 23.1 Å². The van der Waals surface area contributed by atoms with Gasteiger partial charge >= 0.3 is 0 Å². The van der Waals surface area contributed by atoms with E-state index in [4.69, 9.17) is 0 Å². The Hall–Kier alpha value is -0.130. The van der Waals surface area contributed by atoms with E-state index in [0.717, 1.165) is 13.7 Å². The molecule has 1 heterocycles. The van der Waals surface area contributed by atoms with Crippen LogP contribution in [0.2, 0.25) is 0 Å². The van der Waals surface area contributed by atoms with Crippen molar-refractivity contribution < 1.29 is 0 Å². The Balaban J connectivity index is 3.02. The van der Waals surface area contributed by atoms with E-state index in [9.17, 15) is 0 Å². The minimum atomic E-state index is 0.852. The molecule has 0 saturated carbocycles. The van der Waals surface area contributed by atoms with Crippen LogP contribution in [0, 0.1) is 0 Å². The highest BCUT2D eigenvalue weighted by Crippen LogP contribution is 2.20. The summed E-state index contributed by atoms with van der Waals surface area (Å²) in [5.41, 5.74) is 0. The molecule has 0 unspecified atom stereocenters. The van der Waals surface area contributed by atoms with Crippen molar-refractivity contribution in [3.63, 3.8) is 0 Å². The van der Waals surface area contributed by atoms with Crippen LogP contribution in [0.15, 0.2) is 44.7 Å². The number of nitrogens with zero attached hydrogens (tertiary/aromatic N) is 2. The van der Waals surface area contributed by atoms with Crippen molar-refractivity contribution in [3.05, 3.63) is 44.7 Å². The molecule has 1 aromatic rings. The summed E-state index contributed by atoms with van der Waals surface area (Å²) in [6.45, 7) is 1.96. The predicted octanol–water partition coefficient (Wildman–Crippen LogP) is 4.73. The van der Waals surface area contributed by atoms with Crippen molar-refractivity contribution >= 4 is 53.6 Å². The molecule has 0 radical (unpaired) electrons. The molecule has 0 aliphatic rings. The molecule has 0 saturated heterocycles. The minimum absolute atomic E-state index is 0.852. The largest absolute Gasteiger partial charge is 0.306 e. The predicted molar refractivity (Wildman–Crippen MR) is 75.3 cm³/mol. The maximum absolute atomic E-state index is 4.26. The van der Waals surface area contributed by atoms with Crippen molar-refractivity contribution in [2.24, 2.45) is 0 Å². The van der Waals surface area contributed by atoms with Gasteiger partial charge < -0.3 is 4.90 Å². The molecule has 0 spiro atoms. The quantitative estimate of drug-likeness (QED) is 0.734. The topological polar surface area (TPSA) is 16.1 Å². The van der Waals surface area contributed by atoms with E-state index in [1.807, 2.05) is 42.4 Å². The molecule has 0 atom stereocenters. The number of hydrogen-bond acceptors (Lipinski definition) is 2. The SMILES string of the molecule is C/C(Br)=C/N(C=C(Br)Br)c1ccccn1. The third kappa shape index (κ3) is 4.95. The normalized spacial score (nSPS) is 11.1. The van der Waals surface area contributed by atoms with Crippen LogP contribution in [-0.4, -0.2) is 4.98 Å². The highest BCUT2D eigenvalue weighted by Gasteiger charge is 2.01. The number of anilines is 1. The lowest BCUT2D eigenvalue weighted by Gasteiger charge is -2.14. The number of aromatic nitrogens is 1. The number of pyridine rings is 1. The summed E-state index contributed by atoms with van der Waals surface area (Å²) in [6, 6.07) is 5.77. The van der Waals surface area contributed by atoms with Gasteiger partial charge in [-0.2, -0.15) is 0 Å². The molecular weight excluding hydrogens is 388 g/mol. The summed E-state index contributed by atoms with van der Waals surface area (Å²) in [4.78, 5) is 6.17. The molecule has 0 bridgehead atoms. The second-order valence-corrected chi connectivity index (χ2v) is 6.75. The second-order valence-electron chi connectivity index (χ2n) is 2.73. The van der Waals surface area contributed by atoms with Crippen LogP contribution in [0.25, 0.3) is 0 Å². The Morgan fingerprint density at radius 2 is 2.00 bits per heavy atom. The van der Waals surface area contributed by atoms with Gasteiger partial charge in [-0.15, -0.1) is 0 Å². The van der Waals surface area contributed by atoms with Crippen molar-refractivity contribution in [3.8, 4) is 0 Å². The zero-order valence-electron chi connectivity index (χ0n) is 7.99. The lowest BCUT2D eigenvalue weighted by atomic mass is 10.4. The van der Waals surface area contributed by atoms with Crippen LogP contribution in [-0.2, 0) is 0 Å². The zero-order chi connectivity index (χ0) is 11.3. The second kappa shape index (κ2) is 6.45. The molecule has 15 heavy (non-hydrogen) atoms. The molecule has 0 aliphatic heterocycles. The lowest BCUT2D eigenvalue weighted by molar-refractivity contribution is 1.17. The van der Waals surface area contributed by atoms with Crippen LogP contribution in [0.3, 0.4) is 0 Å². The molecule has 0 aromatic carbocycles. The summed E-state index contributed by atoms with van der Waals surface area (Å²) in [5.74, 6) is 0.854. The fraction of sp³-hybridized carbons (Fsp3) is 0.100. The molecular formula is C10H9Br3N2. The Kier molecular flexibility index (Phi) is 5.56. The first kappa shape index (κ1) is 12.9. The molecule has 0 amide bonds. The van der Waals surface area contributed by atoms with Crippen LogP contribution in [0.1, 0.15) is 6.92 Å². The van der Waals surface area contributed by atoms with Crippen LogP contribution in [0.4, 0.5) is 5.82 Å². The average Bonchev–Trinajstić information content (AvgIpc) is 2.17. The number of hydrogen-bond donors (Lipinski definition) is 0. The highest BCUT2D eigenvalue weighted by molar-refractivity contribution is 9.28. The Morgan fingerprint density at radius 3 is 2.47 bits per heavy atom. The number of rotatable bonds is 3. The lowest BCUT2D eigenvalue weighted by Crippen LogP contribution is -2.08. The molecule has 1 rings (SSSR count). The summed E-state index contributed by atoms with van der Waals surface area (Å²) in [7, 11) is 0. The van der Waals surface area contributed by atoms with Gasteiger partial charge in [0.15, 0.2) is 0 Å². The molecule has 80 valence electrons. The summed E-state index contributed by atoms with van der Waals surface area (Å²) < 4.78 is 1.87. The van der Waals surface area contributed by atoms with E-state index < -0.39 is 0 Å². The van der Waals surface area contributed by atoms with Crippen LogP contribution >= 0.6 is 47.8 Å². The first-order valence-corrected chi connectivity index (χ1v) is 6.53. The summed E-state index contributed by atoms with van der Waals surface area (Å²) in [5, 5.41) is 0. The molecule has 0 N–H and O–H groups in total. The fourth-order valence-electron chi connectivity index (χ4n) is 0.973. The maximum Gasteiger partial charge on any atom is 0.136 e. The van der Waals surface area contributed by atoms with Crippen molar-refractivity contribution in [2.75, 3.05) is 4.90 Å². The number of halogens is 3. The maximum atomic E-state index is 4.26. The molecule has 1 aromatic heterocycles. The number of allylic oxidation sites excluding steroid dienone is 1. The van der Waals surface area contributed by atoms with E-state index in [1.54, 1.807) is 6.20 Å². The van der Waals surface area contributed by atoms with Gasteiger partial charge in [-0.25, -0.2) is 4.98 Å². The monoisotopic (exact) mass is 394 g/mol. The van der Waals surface area contributed by atoms with Gasteiger partial charge in [0.1, 0.15) is 5.82 Å².